The van der Waals surface area contributed by atoms with Crippen LogP contribution in [-0.4, -0.2) is 48.6 Å². The Labute approximate surface area is 115 Å². The predicted octanol–water partition coefficient (Wildman–Crippen LogP) is 0.623. The molecule has 0 radical (unpaired) electrons. The summed E-state index contributed by atoms with van der Waals surface area (Å²) >= 11 is 0. The van der Waals surface area contributed by atoms with Crippen LogP contribution in [0.2, 0.25) is 0 Å². The summed E-state index contributed by atoms with van der Waals surface area (Å²) in [5.74, 6) is -0.00227. The Balaban J connectivity index is 1.84. The molecule has 1 aliphatic carbocycles. The van der Waals surface area contributed by atoms with E-state index >= 15 is 0 Å². The highest BCUT2D eigenvalue weighted by Gasteiger charge is 2.34. The van der Waals surface area contributed by atoms with E-state index in [-0.39, 0.29) is 5.91 Å². The number of piperazine rings is 1. The monoisotopic (exact) mass is 264 g/mol. The van der Waals surface area contributed by atoms with E-state index in [9.17, 15) is 10.1 Å². The lowest BCUT2D eigenvalue weighted by Crippen LogP contribution is -2.55. The minimum absolute atomic E-state index is 0.00227. The van der Waals surface area contributed by atoms with Gasteiger partial charge in [-0.2, -0.15) is 5.26 Å². The standard InChI is InChI=1S/C14H24N4O/c1-12-9-18(8-7-16-12)10-13(19)17-14(11-15)5-3-2-4-6-14/h12,16H,2-10H2,1H3,(H,17,19). The van der Waals surface area contributed by atoms with Gasteiger partial charge in [-0.3, -0.25) is 9.69 Å². The molecule has 2 N–H and O–H groups in total. The van der Waals surface area contributed by atoms with E-state index in [0.717, 1.165) is 45.3 Å². The molecule has 1 amide bonds. The summed E-state index contributed by atoms with van der Waals surface area (Å²) in [7, 11) is 0. The van der Waals surface area contributed by atoms with Crippen molar-refractivity contribution in [2.45, 2.75) is 50.6 Å². The third-order valence-corrected chi connectivity index (χ3v) is 4.12. The normalized spacial score (nSPS) is 27.5. The Bertz CT molecular complexity index is 357. The van der Waals surface area contributed by atoms with Crippen molar-refractivity contribution in [1.82, 2.24) is 15.5 Å². The first-order valence-electron chi connectivity index (χ1n) is 7.31. The molecule has 1 saturated carbocycles. The van der Waals surface area contributed by atoms with Crippen molar-refractivity contribution in [1.29, 1.82) is 5.26 Å². The number of carbonyl (C=O) groups excluding carboxylic acids is 1. The van der Waals surface area contributed by atoms with E-state index in [4.69, 9.17) is 0 Å². The number of amides is 1. The van der Waals surface area contributed by atoms with Crippen LogP contribution < -0.4 is 10.6 Å². The molecule has 2 aliphatic rings. The van der Waals surface area contributed by atoms with Gasteiger partial charge in [0.05, 0.1) is 12.6 Å². The molecule has 19 heavy (non-hydrogen) atoms. The van der Waals surface area contributed by atoms with E-state index in [0.29, 0.717) is 12.6 Å². The first-order valence-corrected chi connectivity index (χ1v) is 7.31. The highest BCUT2D eigenvalue weighted by atomic mass is 16.2. The lowest BCUT2D eigenvalue weighted by atomic mass is 9.83. The number of nitriles is 1. The Morgan fingerprint density at radius 3 is 2.84 bits per heavy atom. The van der Waals surface area contributed by atoms with Gasteiger partial charge in [0.1, 0.15) is 5.54 Å². The highest BCUT2D eigenvalue weighted by molar-refractivity contribution is 5.79. The zero-order valence-corrected chi connectivity index (χ0v) is 11.7. The molecule has 1 atom stereocenters. The van der Waals surface area contributed by atoms with E-state index in [2.05, 4.69) is 28.5 Å². The number of nitrogens with one attached hydrogen (secondary N) is 2. The second-order valence-electron chi connectivity index (χ2n) is 5.89. The van der Waals surface area contributed by atoms with Crippen molar-refractivity contribution < 1.29 is 4.79 Å². The van der Waals surface area contributed by atoms with Crippen LogP contribution in [0.5, 0.6) is 0 Å². The van der Waals surface area contributed by atoms with Crippen molar-refractivity contribution in [3.8, 4) is 6.07 Å². The zero-order chi connectivity index (χ0) is 13.7. The largest absolute Gasteiger partial charge is 0.337 e. The summed E-state index contributed by atoms with van der Waals surface area (Å²) in [6.07, 6.45) is 4.85. The van der Waals surface area contributed by atoms with Crippen LogP contribution >= 0.6 is 0 Å². The number of nitrogens with zero attached hydrogens (tertiary/aromatic N) is 2. The van der Waals surface area contributed by atoms with Crippen LogP contribution in [0.25, 0.3) is 0 Å². The van der Waals surface area contributed by atoms with E-state index in [1.807, 2.05) is 0 Å². The molecule has 0 spiro atoms. The summed E-state index contributed by atoms with van der Waals surface area (Å²) in [6.45, 7) is 5.26. The number of hydrogen-bond donors (Lipinski definition) is 2. The molecule has 0 aromatic heterocycles. The minimum atomic E-state index is -0.602. The minimum Gasteiger partial charge on any atom is -0.337 e. The molecule has 1 unspecified atom stereocenters. The highest BCUT2D eigenvalue weighted by Crippen LogP contribution is 2.27. The third-order valence-electron chi connectivity index (χ3n) is 4.12. The second kappa shape index (κ2) is 6.36. The van der Waals surface area contributed by atoms with E-state index in [1.165, 1.54) is 6.42 Å². The smallest absolute Gasteiger partial charge is 0.235 e. The summed E-state index contributed by atoms with van der Waals surface area (Å²) in [5.41, 5.74) is -0.602. The molecule has 5 nitrogen and oxygen atoms in total. The maximum Gasteiger partial charge on any atom is 0.235 e. The van der Waals surface area contributed by atoms with Crippen molar-refractivity contribution in [3.63, 3.8) is 0 Å². The second-order valence-corrected chi connectivity index (χ2v) is 5.89. The van der Waals surface area contributed by atoms with Crippen LogP contribution in [0.3, 0.4) is 0 Å². The van der Waals surface area contributed by atoms with Crippen molar-refractivity contribution >= 4 is 5.91 Å². The summed E-state index contributed by atoms with van der Waals surface area (Å²) in [5, 5.41) is 15.7. The molecular formula is C14H24N4O. The molecule has 1 saturated heterocycles. The van der Waals surface area contributed by atoms with Gasteiger partial charge in [0, 0.05) is 25.7 Å². The molecule has 5 heteroatoms. The van der Waals surface area contributed by atoms with Crippen LogP contribution in [0.1, 0.15) is 39.0 Å². The SMILES string of the molecule is CC1CN(CC(=O)NC2(C#N)CCCCC2)CCN1. The van der Waals surface area contributed by atoms with Crippen LogP contribution in [0, 0.1) is 11.3 Å². The molecule has 0 bridgehead atoms. The first-order chi connectivity index (χ1) is 9.13. The van der Waals surface area contributed by atoms with Crippen molar-refractivity contribution in [3.05, 3.63) is 0 Å². The topological polar surface area (TPSA) is 68.2 Å². The molecule has 0 aromatic carbocycles. The Kier molecular flexibility index (Phi) is 4.78. The van der Waals surface area contributed by atoms with Gasteiger partial charge in [-0.25, -0.2) is 0 Å². The molecule has 1 heterocycles. The van der Waals surface area contributed by atoms with Gasteiger partial charge in [0.25, 0.3) is 0 Å². The van der Waals surface area contributed by atoms with Gasteiger partial charge in [-0.15, -0.1) is 0 Å². The quantitative estimate of drug-likeness (QED) is 0.784. The molecule has 106 valence electrons. The van der Waals surface area contributed by atoms with Gasteiger partial charge < -0.3 is 10.6 Å². The molecule has 0 aromatic rings. The Morgan fingerprint density at radius 1 is 1.47 bits per heavy atom. The van der Waals surface area contributed by atoms with E-state index < -0.39 is 5.54 Å². The fraction of sp³-hybridized carbons (Fsp3) is 0.857. The summed E-state index contributed by atoms with van der Waals surface area (Å²) in [4.78, 5) is 14.3. The van der Waals surface area contributed by atoms with Gasteiger partial charge in [-0.1, -0.05) is 19.3 Å². The number of hydrogen-bond acceptors (Lipinski definition) is 4. The van der Waals surface area contributed by atoms with Gasteiger partial charge in [-0.05, 0) is 19.8 Å². The fourth-order valence-corrected chi connectivity index (χ4v) is 3.09. The number of rotatable bonds is 3. The summed E-state index contributed by atoms with van der Waals surface area (Å²) < 4.78 is 0. The lowest BCUT2D eigenvalue weighted by Gasteiger charge is -2.34. The van der Waals surface area contributed by atoms with Crippen molar-refractivity contribution in [2.24, 2.45) is 0 Å². The average molecular weight is 264 g/mol. The van der Waals surface area contributed by atoms with Crippen LogP contribution in [0.15, 0.2) is 0 Å². The number of carbonyl (C=O) groups is 1. The lowest BCUT2D eigenvalue weighted by molar-refractivity contribution is -0.124. The predicted molar refractivity (Wildman–Crippen MR) is 73.5 cm³/mol. The summed E-state index contributed by atoms with van der Waals surface area (Å²) in [6, 6.07) is 2.76. The Hall–Kier alpha value is -1.12. The zero-order valence-electron chi connectivity index (χ0n) is 11.7. The van der Waals surface area contributed by atoms with Crippen molar-refractivity contribution in [2.75, 3.05) is 26.2 Å². The van der Waals surface area contributed by atoms with Crippen LogP contribution in [0.4, 0.5) is 0 Å². The molecule has 2 fully saturated rings. The maximum atomic E-state index is 12.1. The van der Waals surface area contributed by atoms with E-state index in [1.54, 1.807) is 0 Å². The van der Waals surface area contributed by atoms with Gasteiger partial charge >= 0.3 is 0 Å². The fourth-order valence-electron chi connectivity index (χ4n) is 3.09. The Morgan fingerprint density at radius 2 is 2.21 bits per heavy atom. The third kappa shape index (κ3) is 3.92. The first kappa shape index (κ1) is 14.3. The molecular weight excluding hydrogens is 240 g/mol. The van der Waals surface area contributed by atoms with Gasteiger partial charge in [0.2, 0.25) is 5.91 Å². The maximum absolute atomic E-state index is 12.1. The van der Waals surface area contributed by atoms with Gasteiger partial charge in [0.15, 0.2) is 0 Å². The molecule has 2 rings (SSSR count). The van der Waals surface area contributed by atoms with Crippen LogP contribution in [-0.2, 0) is 4.79 Å². The average Bonchev–Trinajstić information content (AvgIpc) is 2.39. The molecule has 1 aliphatic heterocycles.